The molecule has 0 aliphatic rings. The van der Waals surface area contributed by atoms with E-state index in [0.717, 1.165) is 11.2 Å². The molecule has 18 heavy (non-hydrogen) atoms. The van der Waals surface area contributed by atoms with E-state index in [-0.39, 0.29) is 0 Å². The first-order valence-corrected chi connectivity index (χ1v) is 6.90. The zero-order chi connectivity index (χ0) is 12.1. The fourth-order valence-corrected chi connectivity index (χ4v) is 3.01. The molecule has 4 aromatic rings. The summed E-state index contributed by atoms with van der Waals surface area (Å²) in [6.45, 7) is 0. The summed E-state index contributed by atoms with van der Waals surface area (Å²) in [5, 5.41) is 4.94. The van der Waals surface area contributed by atoms with Crippen molar-refractivity contribution in [1.82, 2.24) is 0 Å². The van der Waals surface area contributed by atoms with Gasteiger partial charge in [-0.05, 0) is 57.6 Å². The lowest BCUT2D eigenvalue weighted by Gasteiger charge is -2.00. The van der Waals surface area contributed by atoms with Crippen molar-refractivity contribution in [1.29, 1.82) is 0 Å². The summed E-state index contributed by atoms with van der Waals surface area (Å²) in [7, 11) is 0. The van der Waals surface area contributed by atoms with Crippen LogP contribution < -0.4 is 0 Å². The number of rotatable bonds is 0. The van der Waals surface area contributed by atoms with E-state index in [1.54, 1.807) is 0 Å². The van der Waals surface area contributed by atoms with Crippen LogP contribution in [0.5, 0.6) is 0 Å². The predicted octanol–water partition coefficient (Wildman–Crippen LogP) is 5.34. The summed E-state index contributed by atoms with van der Waals surface area (Å²) in [5.41, 5.74) is 1.92. The minimum atomic E-state index is 0.957. The topological polar surface area (TPSA) is 13.1 Å². The van der Waals surface area contributed by atoms with Crippen molar-refractivity contribution in [2.45, 2.75) is 0 Å². The molecule has 2 heteroatoms. The number of para-hydroxylation sites is 1. The van der Waals surface area contributed by atoms with E-state index in [1.165, 1.54) is 25.1 Å². The first-order chi connectivity index (χ1) is 8.83. The van der Waals surface area contributed by atoms with Crippen molar-refractivity contribution in [2.24, 2.45) is 0 Å². The number of hydrogen-bond acceptors (Lipinski definition) is 1. The van der Waals surface area contributed by atoms with Crippen molar-refractivity contribution in [3.63, 3.8) is 0 Å². The second kappa shape index (κ2) is 3.72. The Bertz CT molecular complexity index is 889. The SMILES string of the molecule is Ic1ccc2ccc3oc4ccccc4c3c2c1. The van der Waals surface area contributed by atoms with Crippen molar-refractivity contribution in [2.75, 3.05) is 0 Å². The summed E-state index contributed by atoms with van der Waals surface area (Å²) in [6, 6.07) is 18.9. The van der Waals surface area contributed by atoms with E-state index in [2.05, 4.69) is 65.1 Å². The largest absolute Gasteiger partial charge is 0.456 e. The molecule has 1 heterocycles. The van der Waals surface area contributed by atoms with Crippen LogP contribution in [0, 0.1) is 3.57 Å². The molecule has 0 aliphatic carbocycles. The van der Waals surface area contributed by atoms with Crippen LogP contribution in [0.4, 0.5) is 0 Å². The minimum Gasteiger partial charge on any atom is -0.456 e. The third-order valence-electron chi connectivity index (χ3n) is 3.32. The Balaban J connectivity index is 2.35. The van der Waals surface area contributed by atoms with Gasteiger partial charge >= 0.3 is 0 Å². The van der Waals surface area contributed by atoms with Crippen LogP contribution in [-0.4, -0.2) is 0 Å². The van der Waals surface area contributed by atoms with Gasteiger partial charge in [0.15, 0.2) is 0 Å². The van der Waals surface area contributed by atoms with Crippen molar-refractivity contribution in [3.8, 4) is 0 Å². The molecule has 0 N–H and O–H groups in total. The van der Waals surface area contributed by atoms with E-state index < -0.39 is 0 Å². The fraction of sp³-hybridized carbons (Fsp3) is 0. The highest BCUT2D eigenvalue weighted by molar-refractivity contribution is 14.1. The first kappa shape index (κ1) is 10.4. The normalized spacial score (nSPS) is 11.6. The average Bonchev–Trinajstić information content (AvgIpc) is 2.77. The average molecular weight is 344 g/mol. The Morgan fingerprint density at radius 3 is 2.56 bits per heavy atom. The van der Waals surface area contributed by atoms with E-state index in [4.69, 9.17) is 4.42 Å². The molecule has 0 aliphatic heterocycles. The lowest BCUT2D eigenvalue weighted by atomic mass is 10.0. The van der Waals surface area contributed by atoms with Gasteiger partial charge in [-0.25, -0.2) is 0 Å². The van der Waals surface area contributed by atoms with Gasteiger partial charge in [-0.3, -0.25) is 0 Å². The van der Waals surface area contributed by atoms with Gasteiger partial charge in [0.05, 0.1) is 0 Å². The number of furan rings is 1. The third-order valence-corrected chi connectivity index (χ3v) is 3.99. The molecular weight excluding hydrogens is 335 g/mol. The predicted molar refractivity (Wildman–Crippen MR) is 83.9 cm³/mol. The van der Waals surface area contributed by atoms with Crippen LogP contribution >= 0.6 is 22.6 Å². The number of fused-ring (bicyclic) bond motifs is 5. The third kappa shape index (κ3) is 1.38. The molecule has 0 bridgehead atoms. The summed E-state index contributed by atoms with van der Waals surface area (Å²) < 4.78 is 7.15. The molecule has 86 valence electrons. The smallest absolute Gasteiger partial charge is 0.136 e. The van der Waals surface area contributed by atoms with Crippen LogP contribution in [0.2, 0.25) is 0 Å². The lowest BCUT2D eigenvalue weighted by Crippen LogP contribution is -1.76. The molecule has 3 aromatic carbocycles. The molecule has 4 rings (SSSR count). The molecule has 1 nitrogen and oxygen atoms in total. The maximum absolute atomic E-state index is 5.90. The summed E-state index contributed by atoms with van der Waals surface area (Å²) >= 11 is 2.35. The van der Waals surface area contributed by atoms with Gasteiger partial charge in [0.2, 0.25) is 0 Å². The standard InChI is InChI=1S/C16H9IO/c17-11-7-5-10-6-8-15-16(13(10)9-11)12-3-1-2-4-14(12)18-15/h1-9H. The van der Waals surface area contributed by atoms with Gasteiger partial charge in [-0.15, -0.1) is 0 Å². The molecule has 0 spiro atoms. The maximum Gasteiger partial charge on any atom is 0.136 e. The molecule has 1 aromatic heterocycles. The molecule has 0 saturated heterocycles. The van der Waals surface area contributed by atoms with Crippen LogP contribution in [0.1, 0.15) is 0 Å². The highest BCUT2D eigenvalue weighted by atomic mass is 127. The van der Waals surface area contributed by atoms with Crippen LogP contribution in [0.15, 0.2) is 59.0 Å². The summed E-state index contributed by atoms with van der Waals surface area (Å²) in [4.78, 5) is 0. The Morgan fingerprint density at radius 2 is 1.61 bits per heavy atom. The number of hydrogen-bond donors (Lipinski definition) is 0. The summed E-state index contributed by atoms with van der Waals surface area (Å²) in [5.74, 6) is 0. The number of benzene rings is 3. The quantitative estimate of drug-likeness (QED) is 0.392. The van der Waals surface area contributed by atoms with Gasteiger partial charge in [0.1, 0.15) is 11.2 Å². The molecule has 0 amide bonds. The van der Waals surface area contributed by atoms with E-state index in [1.807, 2.05) is 12.1 Å². The molecule has 0 fully saturated rings. The molecule has 0 radical (unpaired) electrons. The van der Waals surface area contributed by atoms with Crippen molar-refractivity contribution < 1.29 is 4.42 Å². The monoisotopic (exact) mass is 344 g/mol. The van der Waals surface area contributed by atoms with Crippen LogP contribution in [0.25, 0.3) is 32.7 Å². The zero-order valence-electron chi connectivity index (χ0n) is 9.48. The van der Waals surface area contributed by atoms with Crippen molar-refractivity contribution in [3.05, 3.63) is 58.2 Å². The lowest BCUT2D eigenvalue weighted by molar-refractivity contribution is 0.669. The van der Waals surface area contributed by atoms with Crippen LogP contribution in [-0.2, 0) is 0 Å². The van der Waals surface area contributed by atoms with Gasteiger partial charge in [0, 0.05) is 14.3 Å². The Hall–Kier alpha value is -1.55. The second-order valence-electron chi connectivity index (χ2n) is 4.40. The molecular formula is C16H9IO. The van der Waals surface area contributed by atoms with Gasteiger partial charge in [-0.2, -0.15) is 0 Å². The van der Waals surface area contributed by atoms with Gasteiger partial charge in [-0.1, -0.05) is 30.3 Å². The Kier molecular flexibility index (Phi) is 2.14. The molecule has 0 saturated carbocycles. The summed E-state index contributed by atoms with van der Waals surface area (Å²) in [6.07, 6.45) is 0. The first-order valence-electron chi connectivity index (χ1n) is 5.82. The van der Waals surface area contributed by atoms with Gasteiger partial charge in [0.25, 0.3) is 0 Å². The highest BCUT2D eigenvalue weighted by Crippen LogP contribution is 2.34. The molecule has 0 atom stereocenters. The minimum absolute atomic E-state index is 0.957. The van der Waals surface area contributed by atoms with E-state index in [9.17, 15) is 0 Å². The van der Waals surface area contributed by atoms with Crippen molar-refractivity contribution >= 4 is 55.3 Å². The Morgan fingerprint density at radius 1 is 0.778 bits per heavy atom. The van der Waals surface area contributed by atoms with E-state index in [0.29, 0.717) is 0 Å². The fourth-order valence-electron chi connectivity index (χ4n) is 2.52. The maximum atomic E-state index is 5.90. The number of halogens is 1. The molecule has 0 unspecified atom stereocenters. The van der Waals surface area contributed by atoms with Crippen LogP contribution in [0.3, 0.4) is 0 Å². The van der Waals surface area contributed by atoms with E-state index >= 15 is 0 Å². The second-order valence-corrected chi connectivity index (χ2v) is 5.65. The Labute approximate surface area is 118 Å². The van der Waals surface area contributed by atoms with Gasteiger partial charge < -0.3 is 4.42 Å². The highest BCUT2D eigenvalue weighted by Gasteiger charge is 2.09. The zero-order valence-corrected chi connectivity index (χ0v) is 11.6.